The van der Waals surface area contributed by atoms with Crippen LogP contribution in [0.3, 0.4) is 0 Å². The summed E-state index contributed by atoms with van der Waals surface area (Å²) in [5.41, 5.74) is 2.45. The molecule has 0 aliphatic carbocycles. The lowest BCUT2D eigenvalue weighted by atomic mass is 10.2. The standard InChI is InChI=1S/C14H20O2/c1-3-14(15)5-4-10-16-11-13-8-6-12(2)7-9-13/h6-9H,3-5,10-11H2,1-2H3. The highest BCUT2D eigenvalue weighted by Crippen LogP contribution is 2.05. The maximum absolute atomic E-state index is 11.0. The van der Waals surface area contributed by atoms with Crippen LogP contribution in [0.1, 0.15) is 37.3 Å². The number of Topliss-reactive ketones (excluding diaryl/α,β-unsaturated/α-hetero) is 1. The molecule has 88 valence electrons. The number of ketones is 1. The number of aryl methyl sites for hydroxylation is 1. The summed E-state index contributed by atoms with van der Waals surface area (Å²) in [5.74, 6) is 0.318. The molecule has 16 heavy (non-hydrogen) atoms. The molecule has 1 aromatic carbocycles. The van der Waals surface area contributed by atoms with Gasteiger partial charge in [-0.3, -0.25) is 4.79 Å². The number of ether oxygens (including phenoxy) is 1. The predicted octanol–water partition coefficient (Wildman–Crippen LogP) is 3.27. The molecule has 0 aliphatic heterocycles. The third-order valence-corrected chi connectivity index (χ3v) is 2.53. The quantitative estimate of drug-likeness (QED) is 0.659. The molecule has 0 atom stereocenters. The van der Waals surface area contributed by atoms with Crippen molar-refractivity contribution >= 4 is 5.78 Å². The number of rotatable bonds is 7. The lowest BCUT2D eigenvalue weighted by Gasteiger charge is -2.04. The Balaban J connectivity index is 2.11. The highest BCUT2D eigenvalue weighted by Gasteiger charge is 1.98. The van der Waals surface area contributed by atoms with E-state index in [1.807, 2.05) is 6.92 Å². The lowest BCUT2D eigenvalue weighted by molar-refractivity contribution is -0.119. The summed E-state index contributed by atoms with van der Waals surface area (Å²) in [5, 5.41) is 0. The van der Waals surface area contributed by atoms with Crippen molar-refractivity contribution in [3.8, 4) is 0 Å². The SMILES string of the molecule is CCC(=O)CCCOCc1ccc(C)cc1. The van der Waals surface area contributed by atoms with E-state index >= 15 is 0 Å². The van der Waals surface area contributed by atoms with Crippen molar-refractivity contribution in [2.24, 2.45) is 0 Å². The van der Waals surface area contributed by atoms with Crippen molar-refractivity contribution in [3.63, 3.8) is 0 Å². The molecule has 0 spiro atoms. The molecule has 0 bridgehead atoms. The summed E-state index contributed by atoms with van der Waals surface area (Å²) in [6.45, 7) is 5.27. The summed E-state index contributed by atoms with van der Waals surface area (Å²) in [4.78, 5) is 11.0. The van der Waals surface area contributed by atoms with Gasteiger partial charge in [-0.1, -0.05) is 36.8 Å². The lowest BCUT2D eigenvalue weighted by Crippen LogP contribution is -2.00. The van der Waals surface area contributed by atoms with Gasteiger partial charge in [-0.15, -0.1) is 0 Å². The van der Waals surface area contributed by atoms with Crippen LogP contribution in [0.15, 0.2) is 24.3 Å². The zero-order chi connectivity index (χ0) is 11.8. The first-order chi connectivity index (χ1) is 7.72. The second kappa shape index (κ2) is 7.18. The van der Waals surface area contributed by atoms with E-state index in [0.29, 0.717) is 31.8 Å². The first-order valence-corrected chi connectivity index (χ1v) is 5.87. The van der Waals surface area contributed by atoms with Crippen LogP contribution < -0.4 is 0 Å². The molecule has 0 fully saturated rings. The molecule has 0 heterocycles. The van der Waals surface area contributed by atoms with Crippen LogP contribution in [0.5, 0.6) is 0 Å². The minimum atomic E-state index is 0.318. The normalized spacial score (nSPS) is 10.4. The molecule has 1 rings (SSSR count). The molecule has 0 saturated heterocycles. The van der Waals surface area contributed by atoms with Crippen LogP contribution in [0.2, 0.25) is 0 Å². The van der Waals surface area contributed by atoms with Crippen LogP contribution in [-0.2, 0) is 16.1 Å². The van der Waals surface area contributed by atoms with E-state index in [1.54, 1.807) is 0 Å². The Morgan fingerprint density at radius 3 is 2.56 bits per heavy atom. The topological polar surface area (TPSA) is 26.3 Å². The average Bonchev–Trinajstić information content (AvgIpc) is 2.31. The Bertz CT molecular complexity index is 314. The summed E-state index contributed by atoms with van der Waals surface area (Å²) in [6, 6.07) is 8.32. The minimum absolute atomic E-state index is 0.318. The van der Waals surface area contributed by atoms with Gasteiger partial charge < -0.3 is 4.74 Å². The Hall–Kier alpha value is -1.15. The maximum atomic E-state index is 11.0. The molecule has 0 amide bonds. The van der Waals surface area contributed by atoms with Crippen LogP contribution in [-0.4, -0.2) is 12.4 Å². The summed E-state index contributed by atoms with van der Waals surface area (Å²) < 4.78 is 5.50. The Morgan fingerprint density at radius 2 is 1.94 bits per heavy atom. The van der Waals surface area contributed by atoms with Crippen LogP contribution in [0.4, 0.5) is 0 Å². The fourth-order valence-corrected chi connectivity index (χ4v) is 1.42. The third-order valence-electron chi connectivity index (χ3n) is 2.53. The molecule has 0 unspecified atom stereocenters. The number of hydrogen-bond acceptors (Lipinski definition) is 2. The first kappa shape index (κ1) is 12.9. The summed E-state index contributed by atoms with van der Waals surface area (Å²) in [7, 11) is 0. The fraction of sp³-hybridized carbons (Fsp3) is 0.500. The molecule has 0 saturated carbocycles. The van der Waals surface area contributed by atoms with Crippen molar-refractivity contribution in [2.45, 2.75) is 39.7 Å². The van der Waals surface area contributed by atoms with Gasteiger partial charge in [-0.25, -0.2) is 0 Å². The smallest absolute Gasteiger partial charge is 0.132 e. The fourth-order valence-electron chi connectivity index (χ4n) is 1.42. The van der Waals surface area contributed by atoms with E-state index in [1.165, 1.54) is 11.1 Å². The predicted molar refractivity (Wildman–Crippen MR) is 65.4 cm³/mol. The van der Waals surface area contributed by atoms with Gasteiger partial charge in [-0.05, 0) is 18.9 Å². The van der Waals surface area contributed by atoms with Gasteiger partial charge in [-0.2, -0.15) is 0 Å². The largest absolute Gasteiger partial charge is 0.377 e. The minimum Gasteiger partial charge on any atom is -0.377 e. The van der Waals surface area contributed by atoms with Gasteiger partial charge in [0.2, 0.25) is 0 Å². The second-order valence-electron chi connectivity index (χ2n) is 4.03. The van der Waals surface area contributed by atoms with E-state index in [4.69, 9.17) is 4.74 Å². The zero-order valence-corrected chi connectivity index (χ0v) is 10.2. The number of carbonyl (C=O) groups is 1. The molecule has 1 aromatic rings. The van der Waals surface area contributed by atoms with Gasteiger partial charge in [0.1, 0.15) is 5.78 Å². The Kier molecular flexibility index (Phi) is 5.79. The molecule has 0 radical (unpaired) electrons. The molecule has 0 aliphatic rings. The van der Waals surface area contributed by atoms with Gasteiger partial charge >= 0.3 is 0 Å². The van der Waals surface area contributed by atoms with Crippen LogP contribution in [0, 0.1) is 6.92 Å². The van der Waals surface area contributed by atoms with Crippen LogP contribution >= 0.6 is 0 Å². The van der Waals surface area contributed by atoms with E-state index in [9.17, 15) is 4.79 Å². The molecule has 2 heteroatoms. The average molecular weight is 220 g/mol. The maximum Gasteiger partial charge on any atom is 0.132 e. The highest BCUT2D eigenvalue weighted by atomic mass is 16.5. The van der Waals surface area contributed by atoms with Crippen LogP contribution in [0.25, 0.3) is 0 Å². The van der Waals surface area contributed by atoms with E-state index in [0.717, 1.165) is 6.42 Å². The molecular weight excluding hydrogens is 200 g/mol. The zero-order valence-electron chi connectivity index (χ0n) is 10.2. The number of benzene rings is 1. The van der Waals surface area contributed by atoms with Crippen molar-refractivity contribution < 1.29 is 9.53 Å². The highest BCUT2D eigenvalue weighted by molar-refractivity contribution is 5.77. The van der Waals surface area contributed by atoms with Gasteiger partial charge in [0.05, 0.1) is 6.61 Å². The Morgan fingerprint density at radius 1 is 1.25 bits per heavy atom. The molecule has 0 N–H and O–H groups in total. The van der Waals surface area contributed by atoms with Gasteiger partial charge in [0.25, 0.3) is 0 Å². The summed E-state index contributed by atoms with van der Waals surface area (Å²) >= 11 is 0. The van der Waals surface area contributed by atoms with Crippen molar-refractivity contribution in [1.82, 2.24) is 0 Å². The van der Waals surface area contributed by atoms with Gasteiger partial charge in [0.15, 0.2) is 0 Å². The monoisotopic (exact) mass is 220 g/mol. The molecule has 2 nitrogen and oxygen atoms in total. The third kappa shape index (κ3) is 5.08. The second-order valence-corrected chi connectivity index (χ2v) is 4.03. The van der Waals surface area contributed by atoms with Crippen molar-refractivity contribution in [2.75, 3.05) is 6.61 Å². The molecular formula is C14H20O2. The van der Waals surface area contributed by atoms with E-state index in [2.05, 4.69) is 31.2 Å². The van der Waals surface area contributed by atoms with Gasteiger partial charge in [0, 0.05) is 19.4 Å². The van der Waals surface area contributed by atoms with E-state index in [-0.39, 0.29) is 0 Å². The van der Waals surface area contributed by atoms with E-state index < -0.39 is 0 Å². The van der Waals surface area contributed by atoms with Crippen molar-refractivity contribution in [3.05, 3.63) is 35.4 Å². The first-order valence-electron chi connectivity index (χ1n) is 5.87. The molecule has 0 aromatic heterocycles. The number of hydrogen-bond donors (Lipinski definition) is 0. The summed E-state index contributed by atoms with van der Waals surface area (Å²) in [6.07, 6.45) is 2.11. The van der Waals surface area contributed by atoms with Crippen molar-refractivity contribution in [1.29, 1.82) is 0 Å². The number of carbonyl (C=O) groups excluding carboxylic acids is 1. The Labute approximate surface area is 97.6 Å².